The zero-order chi connectivity index (χ0) is 11.3. The molecule has 0 saturated carbocycles. The van der Waals surface area contributed by atoms with Gasteiger partial charge in [0.05, 0.1) is 31.1 Å². The van der Waals surface area contributed by atoms with Crippen LogP contribution < -0.4 is 11.5 Å². The highest BCUT2D eigenvalue weighted by Gasteiger charge is 2.00. The molecule has 0 fully saturated rings. The van der Waals surface area contributed by atoms with Gasteiger partial charge in [0, 0.05) is 11.8 Å². The smallest absolute Gasteiger partial charge is 0.309 e. The predicted molar refractivity (Wildman–Crippen MR) is 58.7 cm³/mol. The Bertz CT molecular complexity index is 388. The van der Waals surface area contributed by atoms with Crippen molar-refractivity contribution in [2.75, 3.05) is 18.6 Å². The lowest BCUT2D eigenvalue weighted by molar-refractivity contribution is -0.139. The van der Waals surface area contributed by atoms with Crippen LogP contribution in [-0.2, 0) is 9.53 Å². The molecular weight excluding hydrogens is 194 g/mol. The van der Waals surface area contributed by atoms with E-state index in [1.165, 1.54) is 13.3 Å². The van der Waals surface area contributed by atoms with Gasteiger partial charge in [-0.15, -0.1) is 0 Å². The van der Waals surface area contributed by atoms with Crippen LogP contribution in [0.15, 0.2) is 18.5 Å². The monoisotopic (exact) mass is 207 g/mol. The Labute approximate surface area is 87.7 Å². The number of hydrogen-bond acceptors (Lipinski definition) is 5. The lowest BCUT2D eigenvalue weighted by atomic mass is 10.2. The summed E-state index contributed by atoms with van der Waals surface area (Å²) in [5.74, 6) is -0.304. The third-order valence-electron chi connectivity index (χ3n) is 1.86. The molecule has 0 aliphatic carbocycles. The fourth-order valence-electron chi connectivity index (χ4n) is 1.00. The molecule has 4 N–H and O–H groups in total. The van der Waals surface area contributed by atoms with Crippen molar-refractivity contribution in [3.63, 3.8) is 0 Å². The van der Waals surface area contributed by atoms with Crippen LogP contribution in [0.2, 0.25) is 0 Å². The summed E-state index contributed by atoms with van der Waals surface area (Å²) >= 11 is 0. The lowest BCUT2D eigenvalue weighted by Gasteiger charge is -2.02. The van der Waals surface area contributed by atoms with E-state index >= 15 is 0 Å². The van der Waals surface area contributed by atoms with E-state index in [9.17, 15) is 4.79 Å². The second-order valence-electron chi connectivity index (χ2n) is 2.91. The largest absolute Gasteiger partial charge is 0.469 e. The number of nitrogen functional groups attached to an aromatic ring is 2. The zero-order valence-electron chi connectivity index (χ0n) is 8.43. The van der Waals surface area contributed by atoms with E-state index in [1.807, 2.05) is 0 Å². The van der Waals surface area contributed by atoms with Crippen LogP contribution in [0.25, 0.3) is 6.08 Å². The SMILES string of the molecule is COC(=O)CC=Cc1cncc(N)c1N. The molecule has 0 atom stereocenters. The molecular formula is C10H13N3O2. The molecule has 0 unspecified atom stereocenters. The highest BCUT2D eigenvalue weighted by Crippen LogP contribution is 2.18. The molecule has 1 aromatic rings. The van der Waals surface area contributed by atoms with Gasteiger partial charge in [0.2, 0.25) is 0 Å². The maximum atomic E-state index is 10.8. The van der Waals surface area contributed by atoms with E-state index in [4.69, 9.17) is 11.5 Å². The molecule has 5 heteroatoms. The number of nitrogens with zero attached hydrogens (tertiary/aromatic N) is 1. The first-order valence-electron chi connectivity index (χ1n) is 4.37. The van der Waals surface area contributed by atoms with E-state index < -0.39 is 0 Å². The third kappa shape index (κ3) is 2.98. The Kier molecular flexibility index (Phi) is 3.68. The Morgan fingerprint density at radius 3 is 2.93 bits per heavy atom. The topological polar surface area (TPSA) is 91.2 Å². The Morgan fingerprint density at radius 1 is 1.53 bits per heavy atom. The van der Waals surface area contributed by atoms with Crippen molar-refractivity contribution in [3.8, 4) is 0 Å². The molecule has 0 radical (unpaired) electrons. The highest BCUT2D eigenvalue weighted by atomic mass is 16.5. The van der Waals surface area contributed by atoms with Crippen LogP contribution in [0.1, 0.15) is 12.0 Å². The van der Waals surface area contributed by atoms with E-state index in [1.54, 1.807) is 18.3 Å². The van der Waals surface area contributed by atoms with Gasteiger partial charge in [-0.2, -0.15) is 0 Å². The van der Waals surface area contributed by atoms with Crippen molar-refractivity contribution in [3.05, 3.63) is 24.0 Å². The Hall–Kier alpha value is -2.04. The molecule has 0 saturated heterocycles. The fraction of sp³-hybridized carbons (Fsp3) is 0.200. The van der Waals surface area contributed by atoms with Gasteiger partial charge in [0.1, 0.15) is 0 Å². The Morgan fingerprint density at radius 2 is 2.27 bits per heavy atom. The van der Waals surface area contributed by atoms with Crippen molar-refractivity contribution in [2.24, 2.45) is 0 Å². The van der Waals surface area contributed by atoms with Crippen molar-refractivity contribution in [2.45, 2.75) is 6.42 Å². The van der Waals surface area contributed by atoms with E-state index in [0.717, 1.165) is 0 Å². The quantitative estimate of drug-likeness (QED) is 0.716. The molecule has 1 aromatic heterocycles. The van der Waals surface area contributed by atoms with Crippen LogP contribution in [0.5, 0.6) is 0 Å². The van der Waals surface area contributed by atoms with Crippen molar-refractivity contribution in [1.29, 1.82) is 0 Å². The molecule has 1 heterocycles. The summed E-state index contributed by atoms with van der Waals surface area (Å²) in [6.45, 7) is 0. The molecule has 0 aliphatic heterocycles. The van der Waals surface area contributed by atoms with Gasteiger partial charge in [-0.05, 0) is 0 Å². The lowest BCUT2D eigenvalue weighted by Crippen LogP contribution is -1.99. The number of nitrogens with two attached hydrogens (primary N) is 2. The molecule has 80 valence electrons. The first-order valence-corrected chi connectivity index (χ1v) is 4.37. The van der Waals surface area contributed by atoms with Gasteiger partial charge in [-0.1, -0.05) is 12.2 Å². The van der Waals surface area contributed by atoms with Crippen LogP contribution in [-0.4, -0.2) is 18.1 Å². The third-order valence-corrected chi connectivity index (χ3v) is 1.86. The van der Waals surface area contributed by atoms with Gasteiger partial charge in [-0.25, -0.2) is 0 Å². The second-order valence-corrected chi connectivity index (χ2v) is 2.91. The zero-order valence-corrected chi connectivity index (χ0v) is 8.43. The summed E-state index contributed by atoms with van der Waals surface area (Å²) in [4.78, 5) is 14.7. The van der Waals surface area contributed by atoms with E-state index in [2.05, 4.69) is 9.72 Å². The molecule has 0 amide bonds. The van der Waals surface area contributed by atoms with Crippen molar-refractivity contribution >= 4 is 23.4 Å². The molecule has 1 rings (SSSR count). The average Bonchev–Trinajstić information content (AvgIpc) is 2.24. The molecule has 0 bridgehead atoms. The second kappa shape index (κ2) is 4.99. The first-order chi connectivity index (χ1) is 7.15. The Balaban J connectivity index is 2.72. The van der Waals surface area contributed by atoms with Gasteiger partial charge in [0.25, 0.3) is 0 Å². The van der Waals surface area contributed by atoms with Crippen LogP contribution in [0.3, 0.4) is 0 Å². The number of hydrogen-bond donors (Lipinski definition) is 2. The van der Waals surface area contributed by atoms with E-state index in [0.29, 0.717) is 16.9 Å². The minimum atomic E-state index is -0.304. The first kappa shape index (κ1) is 11.0. The summed E-state index contributed by atoms with van der Waals surface area (Å²) in [7, 11) is 1.34. The fourth-order valence-corrected chi connectivity index (χ4v) is 1.00. The molecule has 5 nitrogen and oxygen atoms in total. The number of pyridine rings is 1. The summed E-state index contributed by atoms with van der Waals surface area (Å²) in [5, 5.41) is 0. The van der Waals surface area contributed by atoms with Crippen molar-refractivity contribution in [1.82, 2.24) is 4.98 Å². The van der Waals surface area contributed by atoms with Crippen LogP contribution in [0, 0.1) is 0 Å². The summed E-state index contributed by atoms with van der Waals surface area (Å²) in [6.07, 6.45) is 6.60. The maximum absolute atomic E-state index is 10.8. The molecule has 0 spiro atoms. The number of carbonyl (C=O) groups excluding carboxylic acids is 1. The van der Waals surface area contributed by atoms with Gasteiger partial charge in [0.15, 0.2) is 0 Å². The van der Waals surface area contributed by atoms with Gasteiger partial charge < -0.3 is 16.2 Å². The number of esters is 1. The number of rotatable bonds is 3. The van der Waals surface area contributed by atoms with Crippen LogP contribution >= 0.6 is 0 Å². The van der Waals surface area contributed by atoms with Crippen molar-refractivity contribution < 1.29 is 9.53 Å². The highest BCUT2D eigenvalue weighted by molar-refractivity contribution is 5.77. The average molecular weight is 207 g/mol. The summed E-state index contributed by atoms with van der Waals surface area (Å²) in [6, 6.07) is 0. The van der Waals surface area contributed by atoms with E-state index in [-0.39, 0.29) is 12.4 Å². The molecule has 0 aliphatic rings. The molecule has 0 aromatic carbocycles. The molecule has 15 heavy (non-hydrogen) atoms. The number of methoxy groups -OCH3 is 1. The van der Waals surface area contributed by atoms with Gasteiger partial charge >= 0.3 is 5.97 Å². The predicted octanol–water partition coefficient (Wildman–Crippen LogP) is 0.822. The number of ether oxygens (including phenoxy) is 1. The number of anilines is 2. The summed E-state index contributed by atoms with van der Waals surface area (Å²) in [5.41, 5.74) is 12.8. The normalized spacial score (nSPS) is 10.5. The van der Waals surface area contributed by atoms with Gasteiger partial charge in [-0.3, -0.25) is 9.78 Å². The minimum Gasteiger partial charge on any atom is -0.469 e. The number of carbonyl (C=O) groups is 1. The number of aromatic nitrogens is 1. The minimum absolute atomic E-state index is 0.199. The maximum Gasteiger partial charge on any atom is 0.309 e. The standard InChI is InChI=1S/C10H13N3O2/c1-15-9(14)4-2-3-7-5-13-6-8(11)10(7)12/h2-3,5-6H,4,11H2,1H3,(H2,12,13). The summed E-state index contributed by atoms with van der Waals surface area (Å²) < 4.78 is 4.48. The van der Waals surface area contributed by atoms with Crippen LogP contribution in [0.4, 0.5) is 11.4 Å².